The Labute approximate surface area is 124 Å². The summed E-state index contributed by atoms with van der Waals surface area (Å²) in [5, 5.41) is 2.26. The van der Waals surface area contributed by atoms with Crippen molar-refractivity contribution < 1.29 is 14.4 Å². The lowest BCUT2D eigenvalue weighted by Crippen LogP contribution is -2.47. The molecule has 0 aromatic heterocycles. The van der Waals surface area contributed by atoms with E-state index in [-0.39, 0.29) is 36.5 Å². The molecule has 0 aromatic rings. The quantitative estimate of drug-likeness (QED) is 0.751. The summed E-state index contributed by atoms with van der Waals surface area (Å²) in [6, 6.07) is 0. The molecular weight excluding hydrogens is 276 g/mol. The third kappa shape index (κ3) is 3.53. The summed E-state index contributed by atoms with van der Waals surface area (Å²) < 4.78 is 0. The highest BCUT2D eigenvalue weighted by Crippen LogP contribution is 2.30. The van der Waals surface area contributed by atoms with E-state index in [1.165, 1.54) is 0 Å². The van der Waals surface area contributed by atoms with Crippen LogP contribution in [0, 0.1) is 11.8 Å². The number of hydrogen-bond acceptors (Lipinski definition) is 4. The van der Waals surface area contributed by atoms with E-state index in [0.29, 0.717) is 12.5 Å². The molecule has 1 aliphatic carbocycles. The van der Waals surface area contributed by atoms with Crippen LogP contribution in [0.15, 0.2) is 0 Å². The van der Waals surface area contributed by atoms with Crippen molar-refractivity contribution in [3.8, 4) is 0 Å². The average Bonchev–Trinajstić information content (AvgIpc) is 2.44. The number of carbonyl (C=O) groups is 3. The summed E-state index contributed by atoms with van der Waals surface area (Å²) in [5.41, 5.74) is 0. The second kappa shape index (κ2) is 6.61. The molecule has 20 heavy (non-hydrogen) atoms. The zero-order valence-corrected chi connectivity index (χ0v) is 12.7. The lowest BCUT2D eigenvalue weighted by atomic mass is 9.81. The minimum absolute atomic E-state index is 0.0259. The molecule has 0 spiro atoms. The van der Waals surface area contributed by atoms with Crippen LogP contribution in [0.2, 0.25) is 0 Å². The van der Waals surface area contributed by atoms with Crippen LogP contribution in [0.25, 0.3) is 0 Å². The molecule has 2 rings (SSSR count). The minimum atomic E-state index is -0.428. The molecule has 1 atom stereocenters. The number of likely N-dealkylation sites (tertiary alicyclic amines) is 1. The highest BCUT2D eigenvalue weighted by Gasteiger charge is 2.33. The number of piperidine rings is 1. The summed E-state index contributed by atoms with van der Waals surface area (Å²) in [4.78, 5) is 36.8. The Morgan fingerprint density at radius 1 is 1.30 bits per heavy atom. The van der Waals surface area contributed by atoms with Crippen molar-refractivity contribution in [2.75, 3.05) is 20.1 Å². The van der Waals surface area contributed by atoms with Crippen molar-refractivity contribution in [2.45, 2.75) is 37.4 Å². The molecule has 5 nitrogen and oxygen atoms in total. The third-order valence-corrected chi connectivity index (χ3v) is 4.85. The Balaban J connectivity index is 1.82. The van der Waals surface area contributed by atoms with Crippen LogP contribution >= 0.6 is 12.6 Å². The molecule has 0 bridgehead atoms. The Bertz CT molecular complexity index is 405. The van der Waals surface area contributed by atoms with Crippen LogP contribution < -0.4 is 5.32 Å². The molecule has 6 heteroatoms. The fraction of sp³-hybridized carbons (Fsp3) is 0.786. The molecule has 2 aliphatic rings. The number of nitrogens with zero attached hydrogens (tertiary/aromatic N) is 1. The summed E-state index contributed by atoms with van der Waals surface area (Å²) in [5.74, 6) is 0.691. The fourth-order valence-corrected chi connectivity index (χ4v) is 3.32. The Morgan fingerprint density at radius 3 is 2.55 bits per heavy atom. The van der Waals surface area contributed by atoms with Gasteiger partial charge < -0.3 is 10.2 Å². The number of Topliss-reactive ketones (excluding diaryl/α,β-unsaturated/α-hetero) is 1. The molecule has 0 aromatic carbocycles. The Kier molecular flexibility index (Phi) is 5.07. The molecule has 1 unspecified atom stereocenters. The number of thiol groups is 1. The van der Waals surface area contributed by atoms with Crippen LogP contribution in [0.3, 0.4) is 0 Å². The van der Waals surface area contributed by atoms with E-state index in [1.54, 1.807) is 11.9 Å². The van der Waals surface area contributed by atoms with Gasteiger partial charge in [-0.15, -0.1) is 0 Å². The first kappa shape index (κ1) is 15.4. The highest BCUT2D eigenvalue weighted by atomic mass is 32.1. The zero-order chi connectivity index (χ0) is 14.7. The summed E-state index contributed by atoms with van der Waals surface area (Å²) in [7, 11) is 1.67. The van der Waals surface area contributed by atoms with Crippen LogP contribution in [0.5, 0.6) is 0 Å². The second-order valence-corrected chi connectivity index (χ2v) is 6.42. The van der Waals surface area contributed by atoms with Crippen molar-refractivity contribution >= 4 is 30.2 Å². The van der Waals surface area contributed by atoms with Gasteiger partial charge >= 0.3 is 0 Å². The summed E-state index contributed by atoms with van der Waals surface area (Å²) >= 11 is 4.13. The first-order chi connectivity index (χ1) is 9.51. The molecule has 0 radical (unpaired) electrons. The first-order valence-corrected chi connectivity index (χ1v) is 7.73. The van der Waals surface area contributed by atoms with Crippen molar-refractivity contribution in [1.82, 2.24) is 10.2 Å². The topological polar surface area (TPSA) is 66.5 Å². The van der Waals surface area contributed by atoms with Crippen LogP contribution in [0.1, 0.15) is 32.1 Å². The van der Waals surface area contributed by atoms with Gasteiger partial charge in [0.25, 0.3) is 0 Å². The van der Waals surface area contributed by atoms with E-state index in [4.69, 9.17) is 0 Å². The molecule has 1 N–H and O–H groups in total. The molecule has 1 aliphatic heterocycles. The molecule has 2 amide bonds. The standard InChI is InChI=1S/C14H22N2O3S/c1-15-14(19)10-4-2-9(3-5-10)7-16-8-11(17)12(20)6-13(16)18/h9-10,12,20H,2-8H2,1H3,(H,15,19). The zero-order valence-electron chi connectivity index (χ0n) is 11.8. The van der Waals surface area contributed by atoms with Crippen molar-refractivity contribution in [3.05, 3.63) is 0 Å². The van der Waals surface area contributed by atoms with Gasteiger partial charge in [0.2, 0.25) is 11.8 Å². The second-order valence-electron chi connectivity index (χ2n) is 5.79. The molecular formula is C14H22N2O3S. The van der Waals surface area contributed by atoms with Crippen LogP contribution in [0.4, 0.5) is 0 Å². The summed E-state index contributed by atoms with van der Waals surface area (Å²) in [6.07, 6.45) is 3.85. The van der Waals surface area contributed by atoms with Gasteiger partial charge in [-0.1, -0.05) is 0 Å². The maximum Gasteiger partial charge on any atom is 0.224 e. The predicted octanol–water partition coefficient (Wildman–Crippen LogP) is 0.639. The van der Waals surface area contributed by atoms with Crippen molar-refractivity contribution in [2.24, 2.45) is 11.8 Å². The molecule has 1 saturated heterocycles. The summed E-state index contributed by atoms with van der Waals surface area (Å²) in [6.45, 7) is 0.841. The van der Waals surface area contributed by atoms with Gasteiger partial charge in [0.1, 0.15) is 0 Å². The van der Waals surface area contributed by atoms with E-state index in [1.807, 2.05) is 0 Å². The van der Waals surface area contributed by atoms with E-state index >= 15 is 0 Å². The van der Waals surface area contributed by atoms with Gasteiger partial charge in [-0.2, -0.15) is 12.6 Å². The predicted molar refractivity (Wildman–Crippen MR) is 78.5 cm³/mol. The Morgan fingerprint density at radius 2 is 1.95 bits per heavy atom. The lowest BCUT2D eigenvalue weighted by molar-refractivity contribution is -0.140. The van der Waals surface area contributed by atoms with E-state index in [9.17, 15) is 14.4 Å². The van der Waals surface area contributed by atoms with Crippen molar-refractivity contribution in [1.29, 1.82) is 0 Å². The number of amides is 2. The van der Waals surface area contributed by atoms with E-state index < -0.39 is 5.25 Å². The van der Waals surface area contributed by atoms with Crippen molar-refractivity contribution in [3.63, 3.8) is 0 Å². The highest BCUT2D eigenvalue weighted by molar-refractivity contribution is 7.81. The number of rotatable bonds is 3. The fourth-order valence-electron chi connectivity index (χ4n) is 3.08. The Hall–Kier alpha value is -1.04. The number of ketones is 1. The molecule has 2 fully saturated rings. The maximum absolute atomic E-state index is 11.9. The smallest absolute Gasteiger partial charge is 0.224 e. The number of hydrogen-bond donors (Lipinski definition) is 2. The van der Waals surface area contributed by atoms with Gasteiger partial charge in [-0.3, -0.25) is 14.4 Å². The maximum atomic E-state index is 11.9. The SMILES string of the molecule is CNC(=O)C1CCC(CN2CC(=O)C(S)CC2=O)CC1. The van der Waals surface area contributed by atoms with Gasteiger partial charge in [0.15, 0.2) is 5.78 Å². The lowest BCUT2D eigenvalue weighted by Gasteiger charge is -2.34. The average molecular weight is 298 g/mol. The van der Waals surface area contributed by atoms with Gasteiger partial charge in [-0.25, -0.2) is 0 Å². The van der Waals surface area contributed by atoms with Gasteiger partial charge in [0.05, 0.1) is 11.8 Å². The largest absolute Gasteiger partial charge is 0.359 e. The number of carbonyl (C=O) groups excluding carboxylic acids is 3. The molecule has 1 saturated carbocycles. The van der Waals surface area contributed by atoms with E-state index in [2.05, 4.69) is 17.9 Å². The molecule has 1 heterocycles. The monoisotopic (exact) mass is 298 g/mol. The van der Waals surface area contributed by atoms with Crippen LogP contribution in [-0.4, -0.2) is 47.9 Å². The third-order valence-electron chi connectivity index (χ3n) is 4.38. The first-order valence-electron chi connectivity index (χ1n) is 7.21. The number of nitrogens with one attached hydrogen (secondary N) is 1. The molecule has 112 valence electrons. The van der Waals surface area contributed by atoms with Gasteiger partial charge in [-0.05, 0) is 31.6 Å². The van der Waals surface area contributed by atoms with Gasteiger partial charge in [0, 0.05) is 25.9 Å². The minimum Gasteiger partial charge on any atom is -0.359 e. The normalized spacial score (nSPS) is 31.3. The van der Waals surface area contributed by atoms with E-state index in [0.717, 1.165) is 25.7 Å². The van der Waals surface area contributed by atoms with Crippen LogP contribution in [-0.2, 0) is 14.4 Å².